The highest BCUT2D eigenvalue weighted by Crippen LogP contribution is 2.36. The number of anilines is 1. The number of aldehydes is 1. The Morgan fingerprint density at radius 1 is 0.900 bits per heavy atom. The first-order chi connectivity index (χ1) is 19.4. The number of aliphatic hydroxyl groups is 1. The zero-order chi connectivity index (χ0) is 28.5. The van der Waals surface area contributed by atoms with Crippen LogP contribution in [0.15, 0.2) is 78.0 Å². The molecule has 10 heteroatoms. The molecule has 8 nitrogen and oxygen atoms in total. The molecule has 4 aromatic rings. The van der Waals surface area contributed by atoms with E-state index in [4.69, 9.17) is 48.3 Å². The minimum atomic E-state index is 0.0619. The number of benzene rings is 4. The number of carbonyl (C=O) groups is 1. The lowest BCUT2D eigenvalue weighted by molar-refractivity contribution is 0.111. The van der Waals surface area contributed by atoms with Crippen molar-refractivity contribution in [3.05, 3.63) is 104 Å². The normalized spacial score (nSPS) is 10.7. The maximum absolute atomic E-state index is 11.6. The molecule has 0 radical (unpaired) electrons. The van der Waals surface area contributed by atoms with Crippen molar-refractivity contribution >= 4 is 40.9 Å². The molecule has 0 fully saturated rings. The Bertz CT molecular complexity index is 1510. The smallest absolute Gasteiger partial charge is 0.153 e. The quantitative estimate of drug-likeness (QED) is 0.0732. The van der Waals surface area contributed by atoms with Crippen LogP contribution in [0.5, 0.6) is 17.2 Å². The number of nitrogens with two attached hydrogens (primary N) is 1. The summed E-state index contributed by atoms with van der Waals surface area (Å²) in [5, 5.41) is 12.6. The van der Waals surface area contributed by atoms with Gasteiger partial charge in [0.05, 0.1) is 27.9 Å². The fraction of sp³-hybridized carbons (Fsp3) is 0.167. The molecule has 0 bridgehead atoms. The van der Waals surface area contributed by atoms with Crippen molar-refractivity contribution in [2.75, 3.05) is 18.9 Å². The molecule has 0 atom stereocenters. The van der Waals surface area contributed by atoms with E-state index in [0.717, 1.165) is 16.7 Å². The van der Waals surface area contributed by atoms with Crippen molar-refractivity contribution in [2.45, 2.75) is 19.6 Å². The summed E-state index contributed by atoms with van der Waals surface area (Å²) < 4.78 is 17.5. The Hall–Kier alpha value is -4.11. The van der Waals surface area contributed by atoms with Crippen molar-refractivity contribution in [3.8, 4) is 28.4 Å². The summed E-state index contributed by atoms with van der Waals surface area (Å²) in [6, 6.07) is 20.9. The first kappa shape index (κ1) is 28.9. The molecule has 0 saturated carbocycles. The molecule has 0 amide bonds. The van der Waals surface area contributed by atoms with Crippen LogP contribution in [-0.4, -0.2) is 24.6 Å². The number of carbonyl (C=O) groups excluding carboxylic acids is 1. The third-order valence-electron chi connectivity index (χ3n) is 5.95. The number of rotatable bonds is 13. The molecular weight excluding hydrogens is 555 g/mol. The first-order valence-corrected chi connectivity index (χ1v) is 13.1. The Kier molecular flexibility index (Phi) is 9.96. The van der Waals surface area contributed by atoms with Crippen LogP contribution in [0.2, 0.25) is 10.0 Å². The van der Waals surface area contributed by atoms with Crippen LogP contribution in [0.3, 0.4) is 0 Å². The van der Waals surface area contributed by atoms with Gasteiger partial charge in [0.25, 0.3) is 0 Å². The topological polar surface area (TPSA) is 120 Å². The molecule has 40 heavy (non-hydrogen) atoms. The molecule has 4 aromatic carbocycles. The molecule has 0 saturated heterocycles. The molecule has 4 rings (SSSR count). The number of nitrogen functional groups attached to an aromatic ring is 1. The van der Waals surface area contributed by atoms with E-state index >= 15 is 0 Å². The van der Waals surface area contributed by atoms with Crippen LogP contribution >= 0.6 is 23.2 Å². The Balaban J connectivity index is 1.50. The molecular formula is C30H26Cl2N2O6. The van der Waals surface area contributed by atoms with Gasteiger partial charge in [-0.25, -0.2) is 0 Å². The highest BCUT2D eigenvalue weighted by molar-refractivity contribution is 6.34. The second kappa shape index (κ2) is 13.8. The van der Waals surface area contributed by atoms with Gasteiger partial charge in [0.1, 0.15) is 36.1 Å². The van der Waals surface area contributed by atoms with E-state index < -0.39 is 0 Å². The molecule has 3 N–H and O–H groups in total. The fourth-order valence-corrected chi connectivity index (χ4v) is 4.41. The van der Waals surface area contributed by atoms with Crippen LogP contribution in [0.4, 0.5) is 11.4 Å². The van der Waals surface area contributed by atoms with Gasteiger partial charge in [0, 0.05) is 30.2 Å². The number of nitroso groups, excluding NO2 is 1. The minimum Gasteiger partial charge on any atom is -0.493 e. The summed E-state index contributed by atoms with van der Waals surface area (Å²) in [4.78, 5) is 22.4. The van der Waals surface area contributed by atoms with E-state index in [-0.39, 0.29) is 47.5 Å². The van der Waals surface area contributed by atoms with Crippen molar-refractivity contribution in [3.63, 3.8) is 0 Å². The van der Waals surface area contributed by atoms with Crippen molar-refractivity contribution in [2.24, 2.45) is 5.18 Å². The van der Waals surface area contributed by atoms with E-state index in [2.05, 4.69) is 5.18 Å². The van der Waals surface area contributed by atoms with E-state index in [1.165, 1.54) is 12.1 Å². The lowest BCUT2D eigenvalue weighted by Crippen LogP contribution is -2.02. The van der Waals surface area contributed by atoms with Gasteiger partial charge >= 0.3 is 0 Å². The van der Waals surface area contributed by atoms with Gasteiger partial charge in [-0.05, 0) is 46.6 Å². The maximum atomic E-state index is 11.6. The Morgan fingerprint density at radius 3 is 2.45 bits per heavy atom. The second-order valence-corrected chi connectivity index (χ2v) is 9.52. The predicted octanol–water partition coefficient (Wildman–Crippen LogP) is 7.37. The minimum absolute atomic E-state index is 0.0619. The lowest BCUT2D eigenvalue weighted by atomic mass is 10.0. The average molecular weight is 581 g/mol. The van der Waals surface area contributed by atoms with Crippen LogP contribution < -0.4 is 19.9 Å². The Morgan fingerprint density at radius 2 is 1.70 bits per heavy atom. The average Bonchev–Trinajstić information content (AvgIpc) is 2.96. The lowest BCUT2D eigenvalue weighted by Gasteiger charge is -2.15. The standard InChI is InChI=1S/C30H26Cl2N2O6/c31-25-14-22(16-36)28(39-17-19-8-9-27(34-37)26(33)12-19)15-29(25)40-18-21-5-2-7-24(30(21)32)20-4-1-6-23(13-20)38-11-3-10-35/h1-2,4-9,12-16,35H,3,10-11,17-18,33H2. The number of nitrogens with zero attached hydrogens (tertiary/aromatic N) is 1. The molecule has 0 unspecified atom stereocenters. The first-order valence-electron chi connectivity index (χ1n) is 12.3. The monoisotopic (exact) mass is 580 g/mol. The van der Waals surface area contributed by atoms with E-state index in [9.17, 15) is 9.70 Å². The number of halogens is 2. The van der Waals surface area contributed by atoms with Crippen molar-refractivity contribution in [1.29, 1.82) is 0 Å². The van der Waals surface area contributed by atoms with Crippen LogP contribution in [0.25, 0.3) is 11.1 Å². The number of aliphatic hydroxyl groups excluding tert-OH is 1. The van der Waals surface area contributed by atoms with Crippen LogP contribution in [0, 0.1) is 4.91 Å². The van der Waals surface area contributed by atoms with Gasteiger partial charge in [0.2, 0.25) is 0 Å². The van der Waals surface area contributed by atoms with Gasteiger partial charge in [-0.3, -0.25) is 4.79 Å². The SMILES string of the molecule is Nc1cc(COc2cc(OCc3cccc(-c4cccc(OCCCO)c4)c3Cl)c(Cl)cc2C=O)ccc1N=O. The number of hydrogen-bond donors (Lipinski definition) is 2. The Labute approximate surface area is 241 Å². The third-order valence-corrected chi connectivity index (χ3v) is 6.70. The number of ether oxygens (including phenoxy) is 3. The van der Waals surface area contributed by atoms with E-state index in [1.807, 2.05) is 42.5 Å². The fourth-order valence-electron chi connectivity index (χ4n) is 3.89. The zero-order valence-corrected chi connectivity index (χ0v) is 22.8. The highest BCUT2D eigenvalue weighted by atomic mass is 35.5. The van der Waals surface area contributed by atoms with E-state index in [1.54, 1.807) is 18.2 Å². The van der Waals surface area contributed by atoms with Gasteiger partial charge in [-0.1, -0.05) is 59.6 Å². The van der Waals surface area contributed by atoms with Gasteiger partial charge in [-0.15, -0.1) is 4.91 Å². The molecule has 0 aromatic heterocycles. The van der Waals surface area contributed by atoms with Gasteiger partial charge in [0.15, 0.2) is 6.29 Å². The molecule has 0 heterocycles. The largest absolute Gasteiger partial charge is 0.493 e. The van der Waals surface area contributed by atoms with Crippen LogP contribution in [0.1, 0.15) is 27.9 Å². The summed E-state index contributed by atoms with van der Waals surface area (Å²) in [5.74, 6) is 1.25. The maximum Gasteiger partial charge on any atom is 0.153 e. The number of hydrogen-bond acceptors (Lipinski definition) is 8. The van der Waals surface area contributed by atoms with Gasteiger partial charge in [-0.2, -0.15) is 0 Å². The summed E-state index contributed by atoms with van der Waals surface area (Å²) in [5.41, 5.74) is 9.52. The van der Waals surface area contributed by atoms with Crippen molar-refractivity contribution in [1.82, 2.24) is 0 Å². The van der Waals surface area contributed by atoms with Crippen LogP contribution in [-0.2, 0) is 13.2 Å². The summed E-state index contributed by atoms with van der Waals surface area (Å²) in [6.07, 6.45) is 1.18. The molecule has 206 valence electrons. The van der Waals surface area contributed by atoms with E-state index in [0.29, 0.717) is 41.4 Å². The highest BCUT2D eigenvalue weighted by Gasteiger charge is 2.14. The zero-order valence-electron chi connectivity index (χ0n) is 21.3. The molecule has 0 aliphatic heterocycles. The van der Waals surface area contributed by atoms with Crippen molar-refractivity contribution < 1.29 is 24.1 Å². The van der Waals surface area contributed by atoms with Gasteiger partial charge < -0.3 is 25.1 Å². The third kappa shape index (κ3) is 7.09. The molecule has 0 spiro atoms. The molecule has 0 aliphatic carbocycles. The summed E-state index contributed by atoms with van der Waals surface area (Å²) in [7, 11) is 0. The molecule has 0 aliphatic rings. The summed E-state index contributed by atoms with van der Waals surface area (Å²) in [6.45, 7) is 0.666. The second-order valence-electron chi connectivity index (χ2n) is 8.73. The summed E-state index contributed by atoms with van der Waals surface area (Å²) >= 11 is 13.2. The predicted molar refractivity (Wildman–Crippen MR) is 156 cm³/mol.